The number of nitrogens with one attached hydrogen (secondary N) is 1. The average Bonchev–Trinajstić information content (AvgIpc) is 3.05. The molecular formula is C14H15NO2. The highest BCUT2D eigenvalue weighted by atomic mass is 16.5. The van der Waals surface area contributed by atoms with Gasteiger partial charge in [-0.05, 0) is 30.9 Å². The summed E-state index contributed by atoms with van der Waals surface area (Å²) in [6, 6.07) is 5.78. The highest BCUT2D eigenvalue weighted by Gasteiger charge is 2.26. The maximum absolute atomic E-state index is 12.2. The van der Waals surface area contributed by atoms with Gasteiger partial charge < -0.3 is 9.72 Å². The molecule has 3 nitrogen and oxygen atoms in total. The van der Waals surface area contributed by atoms with E-state index in [1.807, 2.05) is 18.2 Å². The maximum Gasteiger partial charge on any atom is 0.165 e. The molecule has 3 rings (SSSR count). The summed E-state index contributed by atoms with van der Waals surface area (Å²) in [5.41, 5.74) is 1.73. The smallest absolute Gasteiger partial charge is 0.165 e. The molecular weight excluding hydrogens is 214 g/mol. The van der Waals surface area contributed by atoms with Crippen LogP contribution in [0.3, 0.4) is 0 Å². The molecule has 0 spiro atoms. The lowest BCUT2D eigenvalue weighted by atomic mass is 10.0. The summed E-state index contributed by atoms with van der Waals surface area (Å²) in [6.45, 7) is 0. The molecule has 1 aromatic carbocycles. The molecule has 1 fully saturated rings. The van der Waals surface area contributed by atoms with Gasteiger partial charge in [-0.15, -0.1) is 0 Å². The van der Waals surface area contributed by atoms with Crippen molar-refractivity contribution >= 4 is 16.7 Å². The van der Waals surface area contributed by atoms with Crippen molar-refractivity contribution in [3.05, 3.63) is 30.0 Å². The van der Waals surface area contributed by atoms with Gasteiger partial charge in [0.15, 0.2) is 5.78 Å². The van der Waals surface area contributed by atoms with Gasteiger partial charge in [0.05, 0.1) is 12.5 Å². The first kappa shape index (κ1) is 10.4. The normalized spacial score (nSPS) is 15.1. The molecule has 0 atom stereocenters. The molecule has 0 aliphatic heterocycles. The molecule has 1 aromatic heterocycles. The van der Waals surface area contributed by atoms with Crippen molar-refractivity contribution in [2.24, 2.45) is 5.92 Å². The van der Waals surface area contributed by atoms with Crippen LogP contribution in [0.4, 0.5) is 0 Å². The quantitative estimate of drug-likeness (QED) is 0.818. The fourth-order valence-electron chi connectivity index (χ4n) is 2.24. The Hall–Kier alpha value is -1.77. The minimum atomic E-state index is 0.225. The monoisotopic (exact) mass is 229 g/mol. The Balaban J connectivity index is 2.05. The standard InChI is InChI=1S/C14H15NO2/c1-17-13-4-2-3-11-14(13)10(8-15-11)12(16)7-9-5-6-9/h2-4,8-9,15H,5-7H2,1H3. The second-order valence-corrected chi connectivity index (χ2v) is 4.66. The van der Waals surface area contributed by atoms with Crippen molar-refractivity contribution in [1.82, 2.24) is 4.98 Å². The molecule has 1 aliphatic rings. The first-order valence-electron chi connectivity index (χ1n) is 5.97. The molecule has 1 saturated carbocycles. The Bertz CT molecular complexity index is 567. The number of carbonyl (C=O) groups excluding carboxylic acids is 1. The fourth-order valence-corrected chi connectivity index (χ4v) is 2.24. The first-order valence-corrected chi connectivity index (χ1v) is 5.97. The summed E-state index contributed by atoms with van der Waals surface area (Å²) in [4.78, 5) is 15.3. The Morgan fingerprint density at radius 2 is 2.29 bits per heavy atom. The van der Waals surface area contributed by atoms with Crippen LogP contribution in [-0.2, 0) is 0 Å². The second kappa shape index (κ2) is 3.91. The van der Waals surface area contributed by atoms with Gasteiger partial charge in [0.25, 0.3) is 0 Å². The van der Waals surface area contributed by atoms with Gasteiger partial charge in [0.1, 0.15) is 5.75 Å². The molecule has 17 heavy (non-hydrogen) atoms. The number of methoxy groups -OCH3 is 1. The summed E-state index contributed by atoms with van der Waals surface area (Å²) in [5.74, 6) is 1.60. The zero-order valence-electron chi connectivity index (χ0n) is 9.82. The number of carbonyl (C=O) groups is 1. The minimum absolute atomic E-state index is 0.225. The van der Waals surface area contributed by atoms with Gasteiger partial charge in [-0.1, -0.05) is 6.07 Å². The highest BCUT2D eigenvalue weighted by molar-refractivity contribution is 6.10. The third kappa shape index (κ3) is 1.82. The Kier molecular flexibility index (Phi) is 2.39. The summed E-state index contributed by atoms with van der Waals surface area (Å²) in [7, 11) is 1.64. The molecule has 88 valence electrons. The number of Topliss-reactive ketones (excluding diaryl/α,β-unsaturated/α-hetero) is 1. The van der Waals surface area contributed by atoms with Crippen LogP contribution in [0.1, 0.15) is 29.6 Å². The Morgan fingerprint density at radius 1 is 1.47 bits per heavy atom. The SMILES string of the molecule is COc1cccc2[nH]cc(C(=O)CC3CC3)c12. The topological polar surface area (TPSA) is 42.1 Å². The van der Waals surface area contributed by atoms with Crippen LogP contribution in [0.5, 0.6) is 5.75 Å². The molecule has 0 saturated heterocycles. The maximum atomic E-state index is 12.2. The van der Waals surface area contributed by atoms with E-state index >= 15 is 0 Å². The largest absolute Gasteiger partial charge is 0.496 e. The molecule has 0 bridgehead atoms. The lowest BCUT2D eigenvalue weighted by Gasteiger charge is -2.03. The number of hydrogen-bond donors (Lipinski definition) is 1. The minimum Gasteiger partial charge on any atom is -0.496 e. The Labute approximate surface area is 99.8 Å². The number of hydrogen-bond acceptors (Lipinski definition) is 2. The summed E-state index contributed by atoms with van der Waals surface area (Å²) < 4.78 is 5.33. The predicted molar refractivity (Wildman–Crippen MR) is 66.5 cm³/mol. The lowest BCUT2D eigenvalue weighted by Crippen LogP contribution is -1.99. The summed E-state index contributed by atoms with van der Waals surface area (Å²) in [5, 5.41) is 0.917. The van der Waals surface area contributed by atoms with Crippen molar-refractivity contribution in [2.45, 2.75) is 19.3 Å². The van der Waals surface area contributed by atoms with E-state index < -0.39 is 0 Å². The summed E-state index contributed by atoms with van der Waals surface area (Å²) in [6.07, 6.45) is 4.87. The molecule has 1 N–H and O–H groups in total. The van der Waals surface area contributed by atoms with E-state index in [-0.39, 0.29) is 5.78 Å². The van der Waals surface area contributed by atoms with Crippen LogP contribution < -0.4 is 4.74 Å². The van der Waals surface area contributed by atoms with Crippen LogP contribution >= 0.6 is 0 Å². The van der Waals surface area contributed by atoms with Crippen molar-refractivity contribution < 1.29 is 9.53 Å². The fraction of sp³-hybridized carbons (Fsp3) is 0.357. The lowest BCUT2D eigenvalue weighted by molar-refractivity contribution is 0.0977. The van der Waals surface area contributed by atoms with Crippen LogP contribution in [-0.4, -0.2) is 17.9 Å². The molecule has 1 aliphatic carbocycles. The van der Waals surface area contributed by atoms with E-state index in [1.54, 1.807) is 13.3 Å². The van der Waals surface area contributed by atoms with E-state index in [9.17, 15) is 4.79 Å². The van der Waals surface area contributed by atoms with Gasteiger partial charge in [-0.2, -0.15) is 0 Å². The molecule has 3 heteroatoms. The van der Waals surface area contributed by atoms with Gasteiger partial charge >= 0.3 is 0 Å². The number of benzene rings is 1. The van der Waals surface area contributed by atoms with Crippen molar-refractivity contribution in [3.63, 3.8) is 0 Å². The average molecular weight is 229 g/mol. The number of ether oxygens (including phenoxy) is 1. The van der Waals surface area contributed by atoms with Gasteiger partial charge in [0.2, 0.25) is 0 Å². The van der Waals surface area contributed by atoms with Crippen molar-refractivity contribution in [3.8, 4) is 5.75 Å². The van der Waals surface area contributed by atoms with Crippen molar-refractivity contribution in [1.29, 1.82) is 0 Å². The summed E-state index contributed by atoms with van der Waals surface area (Å²) >= 11 is 0. The van der Waals surface area contributed by atoms with Crippen LogP contribution in [0.2, 0.25) is 0 Å². The molecule has 2 aromatic rings. The van der Waals surface area contributed by atoms with Crippen LogP contribution in [0.25, 0.3) is 10.9 Å². The van der Waals surface area contributed by atoms with Gasteiger partial charge in [-0.25, -0.2) is 0 Å². The van der Waals surface area contributed by atoms with E-state index in [1.165, 1.54) is 12.8 Å². The highest BCUT2D eigenvalue weighted by Crippen LogP contribution is 2.36. The van der Waals surface area contributed by atoms with Gasteiger partial charge in [0, 0.05) is 23.7 Å². The van der Waals surface area contributed by atoms with Crippen LogP contribution in [0.15, 0.2) is 24.4 Å². The number of ketones is 1. The number of fused-ring (bicyclic) bond motifs is 1. The first-order chi connectivity index (χ1) is 8.29. The zero-order chi connectivity index (χ0) is 11.8. The van der Waals surface area contributed by atoms with E-state index in [4.69, 9.17) is 4.74 Å². The number of rotatable bonds is 4. The third-order valence-electron chi connectivity index (χ3n) is 3.36. The number of aromatic amines is 1. The zero-order valence-corrected chi connectivity index (χ0v) is 9.82. The van der Waals surface area contributed by atoms with E-state index in [0.29, 0.717) is 12.3 Å². The Morgan fingerprint density at radius 3 is 3.00 bits per heavy atom. The molecule has 0 radical (unpaired) electrons. The second-order valence-electron chi connectivity index (χ2n) is 4.66. The van der Waals surface area contributed by atoms with Crippen LogP contribution in [0, 0.1) is 5.92 Å². The predicted octanol–water partition coefficient (Wildman–Crippen LogP) is 3.16. The van der Waals surface area contributed by atoms with Crippen molar-refractivity contribution in [2.75, 3.05) is 7.11 Å². The number of H-pyrrole nitrogens is 1. The molecule has 0 amide bonds. The molecule has 1 heterocycles. The van der Waals surface area contributed by atoms with E-state index in [0.717, 1.165) is 22.2 Å². The third-order valence-corrected chi connectivity index (χ3v) is 3.36. The number of aromatic nitrogens is 1. The van der Waals surface area contributed by atoms with Gasteiger partial charge in [-0.3, -0.25) is 4.79 Å². The van der Waals surface area contributed by atoms with E-state index in [2.05, 4.69) is 4.98 Å². The molecule has 0 unspecified atom stereocenters.